The number of nitrogens with one attached hydrogen (secondary N) is 1. The van der Waals surface area contributed by atoms with Crippen molar-refractivity contribution in [1.82, 2.24) is 24.5 Å². The van der Waals surface area contributed by atoms with Gasteiger partial charge < -0.3 is 15.0 Å². The maximum absolute atomic E-state index is 13.0. The second-order valence-corrected chi connectivity index (χ2v) is 7.56. The fourth-order valence-corrected chi connectivity index (χ4v) is 3.44. The number of hydrogen-bond donors (Lipinski definition) is 1. The van der Waals surface area contributed by atoms with Crippen LogP contribution in [0.25, 0.3) is 0 Å². The molecule has 2 aromatic rings. The van der Waals surface area contributed by atoms with Gasteiger partial charge in [-0.1, -0.05) is 18.5 Å². The van der Waals surface area contributed by atoms with E-state index in [1.54, 1.807) is 14.3 Å². The number of aryl methyl sites for hydroxylation is 2. The number of rotatable bonds is 6. The van der Waals surface area contributed by atoms with E-state index >= 15 is 0 Å². The summed E-state index contributed by atoms with van der Waals surface area (Å²) in [7, 11) is 0. The molecule has 0 bridgehead atoms. The van der Waals surface area contributed by atoms with Gasteiger partial charge >= 0.3 is 0 Å². The highest BCUT2D eigenvalue weighted by molar-refractivity contribution is 6.31. The van der Waals surface area contributed by atoms with Crippen LogP contribution >= 0.6 is 11.6 Å². The Morgan fingerprint density at radius 3 is 2.55 bits per heavy atom. The number of halogens is 1. The Kier molecular flexibility index (Phi) is 6.59. The van der Waals surface area contributed by atoms with Gasteiger partial charge in [0, 0.05) is 19.6 Å². The van der Waals surface area contributed by atoms with E-state index < -0.39 is 0 Å². The first-order valence-electron chi connectivity index (χ1n) is 9.76. The smallest absolute Gasteiger partial charge is 0.274 e. The van der Waals surface area contributed by atoms with Gasteiger partial charge in [0.25, 0.3) is 5.91 Å². The SMILES string of the molecule is CCn1ncc(NC(=O)C(C)Cn2nc(C)c(Cl)c2C)c1C(=O)N1CCOCC1. The lowest BCUT2D eigenvalue weighted by Gasteiger charge is -2.27. The normalized spacial score (nSPS) is 15.4. The molecule has 1 N–H and O–H groups in total. The first-order valence-corrected chi connectivity index (χ1v) is 10.1. The van der Waals surface area contributed by atoms with Gasteiger partial charge in [0.05, 0.1) is 54.0 Å². The minimum Gasteiger partial charge on any atom is -0.378 e. The second kappa shape index (κ2) is 8.96. The first kappa shape index (κ1) is 21.3. The Balaban J connectivity index is 1.75. The monoisotopic (exact) mass is 422 g/mol. The fourth-order valence-electron chi connectivity index (χ4n) is 3.31. The van der Waals surface area contributed by atoms with Crippen molar-refractivity contribution in [2.24, 2.45) is 5.92 Å². The molecule has 1 aliphatic rings. The average Bonchev–Trinajstić information content (AvgIpc) is 3.23. The van der Waals surface area contributed by atoms with E-state index in [1.807, 2.05) is 27.7 Å². The second-order valence-electron chi connectivity index (χ2n) is 7.18. The third kappa shape index (κ3) is 4.45. The first-order chi connectivity index (χ1) is 13.8. The Bertz CT molecular complexity index is 900. The van der Waals surface area contributed by atoms with E-state index in [2.05, 4.69) is 15.5 Å². The lowest BCUT2D eigenvalue weighted by molar-refractivity contribution is -0.119. The maximum atomic E-state index is 13.0. The zero-order valence-electron chi connectivity index (χ0n) is 17.2. The predicted molar refractivity (Wildman–Crippen MR) is 109 cm³/mol. The van der Waals surface area contributed by atoms with Crippen LogP contribution in [0.5, 0.6) is 0 Å². The van der Waals surface area contributed by atoms with Gasteiger partial charge in [0.1, 0.15) is 5.69 Å². The molecule has 10 heteroatoms. The van der Waals surface area contributed by atoms with Crippen LogP contribution in [0, 0.1) is 19.8 Å². The molecule has 2 amide bonds. The Morgan fingerprint density at radius 1 is 1.28 bits per heavy atom. The molecule has 158 valence electrons. The summed E-state index contributed by atoms with van der Waals surface area (Å²) in [6, 6.07) is 0. The number of carbonyl (C=O) groups is 2. The minimum absolute atomic E-state index is 0.152. The lowest BCUT2D eigenvalue weighted by Crippen LogP contribution is -2.42. The summed E-state index contributed by atoms with van der Waals surface area (Å²) in [6.45, 7) is 10.4. The molecule has 2 aromatic heterocycles. The predicted octanol–water partition coefficient (Wildman–Crippen LogP) is 2.12. The van der Waals surface area contributed by atoms with Crippen molar-refractivity contribution in [1.29, 1.82) is 0 Å². The molecule has 29 heavy (non-hydrogen) atoms. The van der Waals surface area contributed by atoms with E-state index in [4.69, 9.17) is 16.3 Å². The number of ether oxygens (including phenoxy) is 1. The highest BCUT2D eigenvalue weighted by Gasteiger charge is 2.27. The number of carbonyl (C=O) groups excluding carboxylic acids is 2. The Labute approximate surface area is 174 Å². The summed E-state index contributed by atoms with van der Waals surface area (Å²) in [5, 5.41) is 12.1. The summed E-state index contributed by atoms with van der Waals surface area (Å²) < 4.78 is 8.67. The molecule has 9 nitrogen and oxygen atoms in total. The van der Waals surface area contributed by atoms with Crippen LogP contribution in [0.1, 0.15) is 35.7 Å². The number of morpholine rings is 1. The summed E-state index contributed by atoms with van der Waals surface area (Å²) in [5.41, 5.74) is 2.38. The van der Waals surface area contributed by atoms with Crippen molar-refractivity contribution in [3.63, 3.8) is 0 Å². The van der Waals surface area contributed by atoms with Crippen LogP contribution in [0.2, 0.25) is 5.02 Å². The molecule has 0 aromatic carbocycles. The highest BCUT2D eigenvalue weighted by Crippen LogP contribution is 2.22. The number of nitrogens with zero attached hydrogens (tertiary/aromatic N) is 5. The molecule has 0 radical (unpaired) electrons. The third-order valence-electron chi connectivity index (χ3n) is 5.09. The Morgan fingerprint density at radius 2 is 1.97 bits per heavy atom. The summed E-state index contributed by atoms with van der Waals surface area (Å²) in [6.07, 6.45) is 1.53. The fraction of sp³-hybridized carbons (Fsp3) is 0.579. The van der Waals surface area contributed by atoms with Crippen molar-refractivity contribution < 1.29 is 14.3 Å². The van der Waals surface area contributed by atoms with Crippen LogP contribution in [0.15, 0.2) is 6.20 Å². The minimum atomic E-state index is -0.375. The van der Waals surface area contributed by atoms with Crippen LogP contribution < -0.4 is 5.32 Å². The van der Waals surface area contributed by atoms with Gasteiger partial charge in [-0.3, -0.25) is 19.0 Å². The molecular formula is C19H27ClN6O3. The molecule has 1 saturated heterocycles. The topological polar surface area (TPSA) is 94.3 Å². The zero-order chi connectivity index (χ0) is 21.1. The van der Waals surface area contributed by atoms with Crippen LogP contribution in [-0.2, 0) is 22.6 Å². The molecular weight excluding hydrogens is 396 g/mol. The van der Waals surface area contributed by atoms with Crippen molar-refractivity contribution in [3.8, 4) is 0 Å². The van der Waals surface area contributed by atoms with Gasteiger partial charge in [0.2, 0.25) is 5.91 Å². The van der Waals surface area contributed by atoms with Crippen LogP contribution in [0.4, 0.5) is 5.69 Å². The van der Waals surface area contributed by atoms with Crippen molar-refractivity contribution in [2.45, 2.75) is 40.8 Å². The van der Waals surface area contributed by atoms with Gasteiger partial charge in [0.15, 0.2) is 0 Å². The number of amides is 2. The van der Waals surface area contributed by atoms with Crippen molar-refractivity contribution in [2.75, 3.05) is 31.6 Å². The summed E-state index contributed by atoms with van der Waals surface area (Å²) in [5.74, 6) is -0.735. The quantitative estimate of drug-likeness (QED) is 0.769. The highest BCUT2D eigenvalue weighted by atomic mass is 35.5. The molecule has 0 saturated carbocycles. The van der Waals surface area contributed by atoms with Gasteiger partial charge in [-0.2, -0.15) is 10.2 Å². The summed E-state index contributed by atoms with van der Waals surface area (Å²) >= 11 is 6.19. The Hall–Kier alpha value is -2.39. The van der Waals surface area contributed by atoms with Crippen LogP contribution in [-0.4, -0.2) is 62.6 Å². The van der Waals surface area contributed by atoms with E-state index in [9.17, 15) is 9.59 Å². The average molecular weight is 423 g/mol. The van der Waals surface area contributed by atoms with E-state index in [0.29, 0.717) is 55.8 Å². The number of anilines is 1. The molecule has 1 unspecified atom stereocenters. The van der Waals surface area contributed by atoms with E-state index in [-0.39, 0.29) is 17.7 Å². The number of hydrogen-bond acceptors (Lipinski definition) is 5. The van der Waals surface area contributed by atoms with E-state index in [0.717, 1.165) is 11.4 Å². The van der Waals surface area contributed by atoms with E-state index in [1.165, 1.54) is 6.20 Å². The van der Waals surface area contributed by atoms with Crippen molar-refractivity contribution >= 4 is 29.1 Å². The molecule has 0 aliphatic carbocycles. The largest absolute Gasteiger partial charge is 0.378 e. The van der Waals surface area contributed by atoms with Crippen molar-refractivity contribution in [3.05, 3.63) is 28.3 Å². The standard InChI is InChI=1S/C19H27ClN6O3/c1-5-25-17(19(28)24-6-8-29-9-7-24)15(10-21-25)22-18(27)12(2)11-26-14(4)16(20)13(3)23-26/h10,12H,5-9,11H2,1-4H3,(H,22,27). The molecule has 3 rings (SSSR count). The zero-order valence-corrected chi connectivity index (χ0v) is 18.0. The molecule has 1 atom stereocenters. The van der Waals surface area contributed by atoms with Crippen LogP contribution in [0.3, 0.4) is 0 Å². The van der Waals surface area contributed by atoms with Gasteiger partial charge in [-0.25, -0.2) is 0 Å². The molecule has 3 heterocycles. The lowest BCUT2D eigenvalue weighted by atomic mass is 10.1. The van der Waals surface area contributed by atoms with Gasteiger partial charge in [-0.15, -0.1) is 0 Å². The molecule has 1 aliphatic heterocycles. The molecule has 0 spiro atoms. The maximum Gasteiger partial charge on any atom is 0.274 e. The summed E-state index contributed by atoms with van der Waals surface area (Å²) in [4.78, 5) is 27.5. The number of aromatic nitrogens is 4. The molecule has 1 fully saturated rings. The van der Waals surface area contributed by atoms with Gasteiger partial charge in [-0.05, 0) is 20.8 Å². The third-order valence-corrected chi connectivity index (χ3v) is 5.63.